The number of phenolic OH excluding ortho intramolecular Hbond substituents is 1. The van der Waals surface area contributed by atoms with Crippen molar-refractivity contribution in [3.8, 4) is 22.8 Å². The Morgan fingerprint density at radius 3 is 2.53 bits per heavy atom. The molecule has 1 N–H and O–H groups in total. The normalized spacial score (nSPS) is 11.7. The number of fused-ring (bicyclic) bond motifs is 1. The standard InChI is InChI=1S/C26H30O6/c1-17(2)16-31-25(29)26(3,4)13-8-14-30-24-22(18-9-6-5-7-10-18)23(28)20-12-11-19(27)15-21(20)32-24/h5-7,9-12,15,17,27H,8,13-14,16H2,1-4H3. The van der Waals surface area contributed by atoms with E-state index in [0.717, 1.165) is 0 Å². The van der Waals surface area contributed by atoms with Crippen LogP contribution < -0.4 is 10.2 Å². The Kier molecular flexibility index (Phi) is 7.23. The van der Waals surface area contributed by atoms with Crippen LogP contribution in [0.1, 0.15) is 40.5 Å². The minimum Gasteiger partial charge on any atom is -0.508 e. The minimum atomic E-state index is -0.642. The molecule has 0 aliphatic heterocycles. The maximum atomic E-state index is 13.2. The molecule has 0 fully saturated rings. The summed E-state index contributed by atoms with van der Waals surface area (Å²) in [6, 6.07) is 13.6. The average Bonchev–Trinajstić information content (AvgIpc) is 2.75. The lowest BCUT2D eigenvalue weighted by molar-refractivity contribution is -0.155. The van der Waals surface area contributed by atoms with E-state index in [9.17, 15) is 14.7 Å². The number of ether oxygens (including phenoxy) is 2. The van der Waals surface area contributed by atoms with Gasteiger partial charge in [0.05, 0.1) is 24.0 Å². The number of carbonyl (C=O) groups is 1. The van der Waals surface area contributed by atoms with Crippen LogP contribution in [-0.4, -0.2) is 24.3 Å². The van der Waals surface area contributed by atoms with Gasteiger partial charge in [-0.15, -0.1) is 0 Å². The number of hydrogen-bond acceptors (Lipinski definition) is 6. The van der Waals surface area contributed by atoms with Crippen molar-refractivity contribution in [1.82, 2.24) is 0 Å². The summed E-state index contributed by atoms with van der Waals surface area (Å²) < 4.78 is 17.1. The Morgan fingerprint density at radius 2 is 1.84 bits per heavy atom. The van der Waals surface area contributed by atoms with Crippen LogP contribution in [0.15, 0.2) is 57.7 Å². The number of benzene rings is 2. The third-order valence-corrected chi connectivity index (χ3v) is 5.19. The largest absolute Gasteiger partial charge is 0.508 e. The average molecular weight is 439 g/mol. The van der Waals surface area contributed by atoms with E-state index in [0.29, 0.717) is 36.0 Å². The monoisotopic (exact) mass is 438 g/mol. The highest BCUT2D eigenvalue weighted by Crippen LogP contribution is 2.32. The first-order valence-corrected chi connectivity index (χ1v) is 10.8. The lowest BCUT2D eigenvalue weighted by Crippen LogP contribution is -2.28. The molecule has 0 spiro atoms. The second-order valence-electron chi connectivity index (χ2n) is 8.97. The van der Waals surface area contributed by atoms with E-state index in [-0.39, 0.29) is 41.2 Å². The van der Waals surface area contributed by atoms with Crippen molar-refractivity contribution in [3.05, 3.63) is 58.8 Å². The topological polar surface area (TPSA) is 86.0 Å². The van der Waals surface area contributed by atoms with Crippen LogP contribution in [0.4, 0.5) is 0 Å². The summed E-state index contributed by atoms with van der Waals surface area (Å²) in [7, 11) is 0. The first-order valence-electron chi connectivity index (χ1n) is 10.8. The summed E-state index contributed by atoms with van der Waals surface area (Å²) in [6.45, 7) is 8.35. The molecule has 1 heterocycles. The zero-order valence-electron chi connectivity index (χ0n) is 19.0. The molecule has 2 aromatic carbocycles. The predicted molar refractivity (Wildman–Crippen MR) is 124 cm³/mol. The molecule has 0 saturated carbocycles. The molecule has 0 unspecified atom stereocenters. The van der Waals surface area contributed by atoms with Crippen molar-refractivity contribution in [3.63, 3.8) is 0 Å². The van der Waals surface area contributed by atoms with Gasteiger partial charge >= 0.3 is 5.97 Å². The van der Waals surface area contributed by atoms with Gasteiger partial charge < -0.3 is 19.0 Å². The van der Waals surface area contributed by atoms with Crippen LogP contribution >= 0.6 is 0 Å². The Bertz CT molecular complexity index is 1130. The zero-order chi connectivity index (χ0) is 23.3. The summed E-state index contributed by atoms with van der Waals surface area (Å²) in [5, 5.41) is 10.1. The highest BCUT2D eigenvalue weighted by molar-refractivity contribution is 5.84. The van der Waals surface area contributed by atoms with E-state index < -0.39 is 5.41 Å². The SMILES string of the molecule is CC(C)COC(=O)C(C)(C)CCCOc1oc2cc(O)ccc2c(=O)c1-c1ccccc1. The van der Waals surface area contributed by atoms with Crippen LogP contribution in [0.3, 0.4) is 0 Å². The molecule has 3 rings (SSSR count). The molecular formula is C26H30O6. The van der Waals surface area contributed by atoms with Gasteiger partial charge in [-0.05, 0) is 50.3 Å². The van der Waals surface area contributed by atoms with Crippen molar-refractivity contribution in [2.24, 2.45) is 11.3 Å². The smallest absolute Gasteiger partial charge is 0.311 e. The Hall–Kier alpha value is -3.28. The van der Waals surface area contributed by atoms with Gasteiger partial charge in [0.1, 0.15) is 16.9 Å². The molecule has 0 bridgehead atoms. The van der Waals surface area contributed by atoms with E-state index in [4.69, 9.17) is 13.9 Å². The molecule has 0 aliphatic rings. The summed E-state index contributed by atoms with van der Waals surface area (Å²) in [5.41, 5.74) is 0.395. The van der Waals surface area contributed by atoms with Gasteiger partial charge in [-0.3, -0.25) is 9.59 Å². The first-order chi connectivity index (χ1) is 15.2. The van der Waals surface area contributed by atoms with Gasteiger partial charge in [0, 0.05) is 6.07 Å². The molecule has 3 aromatic rings. The zero-order valence-corrected chi connectivity index (χ0v) is 19.0. The van der Waals surface area contributed by atoms with E-state index >= 15 is 0 Å². The van der Waals surface area contributed by atoms with Crippen LogP contribution in [0.5, 0.6) is 11.7 Å². The van der Waals surface area contributed by atoms with Crippen molar-refractivity contribution in [1.29, 1.82) is 0 Å². The lowest BCUT2D eigenvalue weighted by Gasteiger charge is -2.23. The fourth-order valence-corrected chi connectivity index (χ4v) is 3.34. The summed E-state index contributed by atoms with van der Waals surface area (Å²) in [5.74, 6) is 0.147. The molecule has 0 amide bonds. The third kappa shape index (κ3) is 5.49. The van der Waals surface area contributed by atoms with Gasteiger partial charge in [0.2, 0.25) is 5.43 Å². The van der Waals surface area contributed by atoms with E-state index in [1.165, 1.54) is 18.2 Å². The molecule has 6 nitrogen and oxygen atoms in total. The fraction of sp³-hybridized carbons (Fsp3) is 0.385. The number of aromatic hydroxyl groups is 1. The van der Waals surface area contributed by atoms with Gasteiger partial charge in [0.25, 0.3) is 5.95 Å². The van der Waals surface area contributed by atoms with Crippen molar-refractivity contribution in [2.75, 3.05) is 13.2 Å². The molecular weight excluding hydrogens is 408 g/mol. The number of hydrogen-bond donors (Lipinski definition) is 1. The quantitative estimate of drug-likeness (QED) is 0.348. The van der Waals surface area contributed by atoms with E-state index in [2.05, 4.69) is 0 Å². The van der Waals surface area contributed by atoms with Gasteiger partial charge in [-0.1, -0.05) is 44.2 Å². The number of rotatable bonds is 9. The third-order valence-electron chi connectivity index (χ3n) is 5.19. The highest BCUT2D eigenvalue weighted by atomic mass is 16.6. The summed E-state index contributed by atoms with van der Waals surface area (Å²) in [4.78, 5) is 25.5. The van der Waals surface area contributed by atoms with Crippen molar-refractivity contribution in [2.45, 2.75) is 40.5 Å². The van der Waals surface area contributed by atoms with Crippen LogP contribution in [0.25, 0.3) is 22.1 Å². The number of esters is 1. The van der Waals surface area contributed by atoms with Crippen molar-refractivity contribution >= 4 is 16.9 Å². The Labute approximate surface area is 187 Å². The second-order valence-corrected chi connectivity index (χ2v) is 8.97. The highest BCUT2D eigenvalue weighted by Gasteiger charge is 2.29. The maximum absolute atomic E-state index is 13.2. The molecule has 0 saturated heterocycles. The van der Waals surface area contributed by atoms with Crippen LogP contribution in [0.2, 0.25) is 0 Å². The molecule has 170 valence electrons. The number of carbonyl (C=O) groups excluding carboxylic acids is 1. The van der Waals surface area contributed by atoms with Gasteiger partial charge in [0.15, 0.2) is 0 Å². The Morgan fingerprint density at radius 1 is 1.12 bits per heavy atom. The number of phenols is 1. The molecule has 1 aromatic heterocycles. The lowest BCUT2D eigenvalue weighted by atomic mass is 9.88. The fourth-order valence-electron chi connectivity index (χ4n) is 3.34. The van der Waals surface area contributed by atoms with E-state index in [1.807, 2.05) is 58.0 Å². The van der Waals surface area contributed by atoms with E-state index in [1.54, 1.807) is 0 Å². The maximum Gasteiger partial charge on any atom is 0.311 e. The van der Waals surface area contributed by atoms with Crippen LogP contribution in [-0.2, 0) is 9.53 Å². The Balaban J connectivity index is 1.79. The van der Waals surface area contributed by atoms with Crippen LogP contribution in [0, 0.1) is 11.3 Å². The first kappa shape index (κ1) is 23.4. The second kappa shape index (κ2) is 9.90. The molecule has 0 atom stereocenters. The summed E-state index contributed by atoms with van der Waals surface area (Å²) >= 11 is 0. The van der Waals surface area contributed by atoms with Gasteiger partial charge in [-0.2, -0.15) is 0 Å². The molecule has 6 heteroatoms. The molecule has 0 radical (unpaired) electrons. The molecule has 0 aliphatic carbocycles. The van der Waals surface area contributed by atoms with Gasteiger partial charge in [-0.25, -0.2) is 0 Å². The summed E-state index contributed by atoms with van der Waals surface area (Å²) in [6.07, 6.45) is 1.13. The predicted octanol–water partition coefficient (Wildman–Crippen LogP) is 5.55. The molecule has 32 heavy (non-hydrogen) atoms. The van der Waals surface area contributed by atoms with Crippen molar-refractivity contribution < 1.29 is 23.8 Å². The minimum absolute atomic E-state index is 0.000667.